The molecule has 2 bridgehead atoms. The summed E-state index contributed by atoms with van der Waals surface area (Å²) in [6.07, 6.45) is 5.05. The van der Waals surface area contributed by atoms with E-state index in [2.05, 4.69) is 36.4 Å². The molecule has 19 heavy (non-hydrogen) atoms. The van der Waals surface area contributed by atoms with Gasteiger partial charge in [0.15, 0.2) is 11.2 Å². The van der Waals surface area contributed by atoms with Gasteiger partial charge in [-0.15, -0.1) is 0 Å². The topological polar surface area (TPSA) is 18.5 Å². The lowest BCUT2D eigenvalue weighted by molar-refractivity contribution is -0.346. The van der Waals surface area contributed by atoms with Crippen molar-refractivity contribution >= 4 is 0 Å². The van der Waals surface area contributed by atoms with Gasteiger partial charge in [0.25, 0.3) is 0 Å². The van der Waals surface area contributed by atoms with Crippen molar-refractivity contribution in [2.24, 2.45) is 0 Å². The van der Waals surface area contributed by atoms with E-state index in [1.54, 1.807) is 0 Å². The fourth-order valence-electron chi connectivity index (χ4n) is 2.97. The van der Waals surface area contributed by atoms with Crippen LogP contribution in [0.1, 0.15) is 17.5 Å². The average molecular weight is 250 g/mol. The molecule has 2 heteroatoms. The highest BCUT2D eigenvalue weighted by atomic mass is 17.2. The van der Waals surface area contributed by atoms with E-state index in [9.17, 15) is 0 Å². The third-order valence-electron chi connectivity index (χ3n) is 4.01. The van der Waals surface area contributed by atoms with Gasteiger partial charge in [-0.1, -0.05) is 60.7 Å². The Morgan fingerprint density at radius 2 is 1.05 bits per heavy atom. The normalized spacial score (nSPS) is 31.8. The number of fused-ring (bicyclic) bond motifs is 2. The molecular weight excluding hydrogens is 236 g/mol. The third-order valence-corrected chi connectivity index (χ3v) is 4.01. The number of benzene rings is 2. The predicted octanol–water partition coefficient (Wildman–Crippen LogP) is 3.70. The zero-order chi connectivity index (χ0) is 12.8. The number of hydrogen-bond acceptors (Lipinski definition) is 2. The molecular formula is C17H14O2. The van der Waals surface area contributed by atoms with Gasteiger partial charge < -0.3 is 0 Å². The molecule has 0 spiro atoms. The highest BCUT2D eigenvalue weighted by molar-refractivity contribution is 5.40. The summed E-state index contributed by atoms with van der Waals surface area (Å²) in [7, 11) is 0. The van der Waals surface area contributed by atoms with E-state index in [0.717, 1.165) is 17.5 Å². The maximum Gasteiger partial charge on any atom is 0.150 e. The van der Waals surface area contributed by atoms with Crippen molar-refractivity contribution in [2.75, 3.05) is 0 Å². The molecule has 2 atom stereocenters. The Balaban J connectivity index is 1.75. The first-order valence-corrected chi connectivity index (χ1v) is 6.51. The van der Waals surface area contributed by atoms with Crippen LogP contribution in [0.2, 0.25) is 0 Å². The van der Waals surface area contributed by atoms with Crippen LogP contribution >= 0.6 is 0 Å². The summed E-state index contributed by atoms with van der Waals surface area (Å²) < 4.78 is 0. The summed E-state index contributed by atoms with van der Waals surface area (Å²) in [6.45, 7) is 0. The van der Waals surface area contributed by atoms with Gasteiger partial charge in [0, 0.05) is 6.42 Å². The van der Waals surface area contributed by atoms with Crippen LogP contribution < -0.4 is 0 Å². The molecule has 2 aromatic carbocycles. The minimum absolute atomic E-state index is 0.433. The lowest BCUT2D eigenvalue weighted by atomic mass is 9.86. The van der Waals surface area contributed by atoms with Crippen molar-refractivity contribution in [1.29, 1.82) is 0 Å². The van der Waals surface area contributed by atoms with E-state index < -0.39 is 11.2 Å². The van der Waals surface area contributed by atoms with Crippen molar-refractivity contribution in [1.82, 2.24) is 0 Å². The Kier molecular flexibility index (Phi) is 2.19. The zero-order valence-electron chi connectivity index (χ0n) is 10.5. The van der Waals surface area contributed by atoms with Crippen LogP contribution in [-0.4, -0.2) is 0 Å². The van der Waals surface area contributed by atoms with Gasteiger partial charge in [0.05, 0.1) is 0 Å². The van der Waals surface area contributed by atoms with Crippen LogP contribution in [0.5, 0.6) is 0 Å². The third kappa shape index (κ3) is 1.51. The van der Waals surface area contributed by atoms with Crippen LogP contribution in [0.3, 0.4) is 0 Å². The van der Waals surface area contributed by atoms with Gasteiger partial charge in [0.1, 0.15) is 0 Å². The Labute approximate surface area is 112 Å². The van der Waals surface area contributed by atoms with Gasteiger partial charge >= 0.3 is 0 Å². The fraction of sp³-hybridized carbons (Fsp3) is 0.176. The van der Waals surface area contributed by atoms with Crippen LogP contribution in [0.15, 0.2) is 72.8 Å². The molecule has 1 fully saturated rings. The van der Waals surface area contributed by atoms with Crippen LogP contribution in [0.4, 0.5) is 0 Å². The summed E-state index contributed by atoms with van der Waals surface area (Å²) in [6, 6.07) is 20.5. The van der Waals surface area contributed by atoms with Crippen LogP contribution in [0, 0.1) is 0 Å². The van der Waals surface area contributed by atoms with E-state index in [1.807, 2.05) is 36.4 Å². The van der Waals surface area contributed by atoms with E-state index >= 15 is 0 Å². The van der Waals surface area contributed by atoms with E-state index in [1.165, 1.54) is 0 Å². The maximum absolute atomic E-state index is 5.70. The first-order chi connectivity index (χ1) is 9.33. The standard InChI is InChI=1S/C17H14O2/c1-3-7-14(8-4-1)16-11-12-17(13-16,19-18-16)15-9-5-2-6-10-15/h1-12H,13H2. The highest BCUT2D eigenvalue weighted by Gasteiger charge is 2.55. The molecule has 0 aromatic heterocycles. The molecule has 2 aliphatic rings. The minimum Gasteiger partial charge on any atom is -0.220 e. The highest BCUT2D eigenvalue weighted by Crippen LogP contribution is 2.54. The van der Waals surface area contributed by atoms with Gasteiger partial charge in [-0.2, -0.15) is 0 Å². The Bertz CT molecular complexity index is 565. The van der Waals surface area contributed by atoms with E-state index in [0.29, 0.717) is 0 Å². The smallest absolute Gasteiger partial charge is 0.150 e. The second kappa shape index (κ2) is 3.80. The van der Waals surface area contributed by atoms with Crippen LogP contribution in [0.25, 0.3) is 0 Å². The molecule has 2 nitrogen and oxygen atoms in total. The van der Waals surface area contributed by atoms with Crippen molar-refractivity contribution in [3.05, 3.63) is 83.9 Å². The van der Waals surface area contributed by atoms with Gasteiger partial charge in [-0.3, -0.25) is 0 Å². The largest absolute Gasteiger partial charge is 0.220 e. The van der Waals surface area contributed by atoms with Crippen molar-refractivity contribution in [3.8, 4) is 0 Å². The first-order valence-electron chi connectivity index (χ1n) is 6.51. The molecule has 94 valence electrons. The van der Waals surface area contributed by atoms with Crippen molar-refractivity contribution in [2.45, 2.75) is 17.6 Å². The molecule has 0 saturated carbocycles. The second-order valence-electron chi connectivity index (χ2n) is 5.19. The van der Waals surface area contributed by atoms with Gasteiger partial charge in [-0.25, -0.2) is 9.78 Å². The van der Waals surface area contributed by atoms with Crippen molar-refractivity contribution < 1.29 is 9.78 Å². The summed E-state index contributed by atoms with van der Waals surface area (Å²) in [5.41, 5.74) is 1.41. The lowest BCUT2D eigenvalue weighted by Gasteiger charge is -2.22. The monoisotopic (exact) mass is 250 g/mol. The Hall–Kier alpha value is -1.90. The molecule has 0 amide bonds. The maximum atomic E-state index is 5.70. The molecule has 4 rings (SSSR count). The molecule has 1 heterocycles. The van der Waals surface area contributed by atoms with Gasteiger partial charge in [0.2, 0.25) is 0 Å². The van der Waals surface area contributed by atoms with Crippen LogP contribution in [-0.2, 0) is 21.0 Å². The minimum atomic E-state index is -0.433. The summed E-state index contributed by atoms with van der Waals surface area (Å²) >= 11 is 0. The molecule has 1 saturated heterocycles. The molecule has 0 N–H and O–H groups in total. The van der Waals surface area contributed by atoms with Crippen molar-refractivity contribution in [3.63, 3.8) is 0 Å². The number of hydrogen-bond donors (Lipinski definition) is 0. The molecule has 2 aromatic rings. The second-order valence-corrected chi connectivity index (χ2v) is 5.19. The summed E-state index contributed by atoms with van der Waals surface area (Å²) in [5, 5.41) is 0. The zero-order valence-corrected chi connectivity index (χ0v) is 10.5. The molecule has 1 aliphatic heterocycles. The summed E-state index contributed by atoms with van der Waals surface area (Å²) in [4.78, 5) is 11.4. The number of rotatable bonds is 2. The van der Waals surface area contributed by atoms with E-state index in [-0.39, 0.29) is 0 Å². The average Bonchev–Trinajstić information content (AvgIpc) is 3.08. The Morgan fingerprint density at radius 1 is 0.632 bits per heavy atom. The quantitative estimate of drug-likeness (QED) is 0.597. The molecule has 1 aliphatic carbocycles. The molecule has 2 unspecified atom stereocenters. The SMILES string of the molecule is C1=CC2(c3ccccc3)CC1(c1ccccc1)OO2. The predicted molar refractivity (Wildman–Crippen MR) is 72.2 cm³/mol. The molecule has 0 radical (unpaired) electrons. The Morgan fingerprint density at radius 3 is 1.42 bits per heavy atom. The van der Waals surface area contributed by atoms with E-state index in [4.69, 9.17) is 9.78 Å². The first kappa shape index (κ1) is 11.0. The fourth-order valence-corrected chi connectivity index (χ4v) is 2.97. The summed E-state index contributed by atoms with van der Waals surface area (Å²) in [5.74, 6) is 0. The lowest BCUT2D eigenvalue weighted by Crippen LogP contribution is -2.20. The van der Waals surface area contributed by atoms with Gasteiger partial charge in [-0.05, 0) is 23.3 Å².